The van der Waals surface area contributed by atoms with Gasteiger partial charge in [0, 0.05) is 31.5 Å². The second-order valence-corrected chi connectivity index (χ2v) is 6.62. The van der Waals surface area contributed by atoms with Crippen LogP contribution < -0.4 is 5.32 Å². The maximum absolute atomic E-state index is 12.8. The maximum atomic E-state index is 12.8. The zero-order valence-electron chi connectivity index (χ0n) is 15.4. The van der Waals surface area contributed by atoms with Crippen molar-refractivity contribution in [1.82, 2.24) is 4.90 Å². The third-order valence-electron chi connectivity index (χ3n) is 4.56. The quantitative estimate of drug-likeness (QED) is 0.894. The molecule has 0 spiro atoms. The summed E-state index contributed by atoms with van der Waals surface area (Å²) in [4.78, 5) is 26.4. The van der Waals surface area contributed by atoms with Gasteiger partial charge in [0.2, 0.25) is 5.91 Å². The zero-order chi connectivity index (χ0) is 18.7. The van der Waals surface area contributed by atoms with Crippen LogP contribution >= 0.6 is 0 Å². The summed E-state index contributed by atoms with van der Waals surface area (Å²) in [6.07, 6.45) is 1.10. The predicted molar refractivity (Wildman–Crippen MR) is 98.2 cm³/mol. The minimum atomic E-state index is -0.0872. The van der Waals surface area contributed by atoms with Crippen molar-refractivity contribution < 1.29 is 18.7 Å². The van der Waals surface area contributed by atoms with Gasteiger partial charge in [0.25, 0.3) is 5.91 Å². The number of fused-ring (bicyclic) bond motifs is 1. The van der Waals surface area contributed by atoms with Crippen molar-refractivity contribution in [2.75, 3.05) is 25.6 Å². The van der Waals surface area contributed by atoms with Gasteiger partial charge in [0.15, 0.2) is 5.76 Å². The van der Waals surface area contributed by atoms with E-state index >= 15 is 0 Å². The minimum Gasteiger partial charge on any atom is -0.456 e. The second-order valence-electron chi connectivity index (χ2n) is 6.62. The molecule has 6 nitrogen and oxygen atoms in total. The first-order valence-corrected chi connectivity index (χ1v) is 8.75. The third kappa shape index (κ3) is 3.96. The second kappa shape index (κ2) is 7.74. The van der Waals surface area contributed by atoms with Gasteiger partial charge in [-0.25, -0.2) is 0 Å². The molecule has 1 aromatic carbocycles. The Morgan fingerprint density at radius 2 is 2.04 bits per heavy atom. The average molecular weight is 356 g/mol. The Hall–Kier alpha value is -2.60. The van der Waals surface area contributed by atoms with Gasteiger partial charge in [0.05, 0.1) is 13.0 Å². The van der Waals surface area contributed by atoms with Crippen molar-refractivity contribution in [2.45, 2.75) is 33.2 Å². The number of aryl methyl sites for hydroxylation is 2. The number of carbonyl (C=O) groups is 2. The average Bonchev–Trinajstić information content (AvgIpc) is 2.97. The molecule has 1 aromatic heterocycles. The molecule has 1 aliphatic rings. The molecule has 0 bridgehead atoms. The molecular formula is C20H24N2O4. The summed E-state index contributed by atoms with van der Waals surface area (Å²) in [5, 5.41) is 2.87. The Morgan fingerprint density at radius 1 is 1.23 bits per heavy atom. The van der Waals surface area contributed by atoms with E-state index in [-0.39, 0.29) is 11.8 Å². The van der Waals surface area contributed by atoms with Gasteiger partial charge < -0.3 is 19.4 Å². The number of rotatable bonds is 5. The molecule has 0 saturated heterocycles. The molecule has 1 N–H and O–H groups in total. The van der Waals surface area contributed by atoms with Crippen LogP contribution in [0.4, 0.5) is 5.69 Å². The number of anilines is 1. The van der Waals surface area contributed by atoms with Crippen LogP contribution in [-0.2, 0) is 22.5 Å². The van der Waals surface area contributed by atoms with Crippen LogP contribution in [0.2, 0.25) is 0 Å². The van der Waals surface area contributed by atoms with E-state index in [0.29, 0.717) is 31.9 Å². The number of benzene rings is 1. The molecule has 26 heavy (non-hydrogen) atoms. The van der Waals surface area contributed by atoms with E-state index < -0.39 is 0 Å². The van der Waals surface area contributed by atoms with E-state index in [2.05, 4.69) is 5.32 Å². The first-order valence-electron chi connectivity index (χ1n) is 8.75. The maximum Gasteiger partial charge on any atom is 0.290 e. The van der Waals surface area contributed by atoms with E-state index in [1.165, 1.54) is 5.56 Å². The van der Waals surface area contributed by atoms with E-state index in [4.69, 9.17) is 9.15 Å². The number of hydrogen-bond donors (Lipinski definition) is 1. The molecular weight excluding hydrogens is 332 g/mol. The normalized spacial score (nSPS) is 13.4. The number of carbonyl (C=O) groups excluding carboxylic acids is 2. The minimum absolute atomic E-state index is 0.0859. The van der Waals surface area contributed by atoms with Crippen molar-refractivity contribution in [3.8, 4) is 0 Å². The molecule has 0 atom stereocenters. The Kier molecular flexibility index (Phi) is 5.42. The molecule has 0 fully saturated rings. The number of methoxy groups -OCH3 is 1. The molecule has 0 aliphatic carbocycles. The van der Waals surface area contributed by atoms with E-state index in [9.17, 15) is 9.59 Å². The van der Waals surface area contributed by atoms with Gasteiger partial charge >= 0.3 is 0 Å². The lowest BCUT2D eigenvalue weighted by atomic mass is 9.98. The topological polar surface area (TPSA) is 71.8 Å². The van der Waals surface area contributed by atoms with Gasteiger partial charge in [-0.15, -0.1) is 0 Å². The van der Waals surface area contributed by atoms with Crippen LogP contribution in [0, 0.1) is 13.8 Å². The summed E-state index contributed by atoms with van der Waals surface area (Å²) in [5.74, 6) is 0.979. The highest BCUT2D eigenvalue weighted by atomic mass is 16.5. The molecule has 1 aliphatic heterocycles. The number of nitrogens with zero attached hydrogens (tertiary/aromatic N) is 1. The SMILES string of the molecule is COCCC(=O)Nc1ccc2c(c1)CN(C(=O)c1oc(C)cc1C)CC2. The van der Waals surface area contributed by atoms with Crippen LogP contribution in [0.3, 0.4) is 0 Å². The summed E-state index contributed by atoms with van der Waals surface area (Å²) >= 11 is 0. The van der Waals surface area contributed by atoms with Crippen molar-refractivity contribution in [1.29, 1.82) is 0 Å². The lowest BCUT2D eigenvalue weighted by Gasteiger charge is -2.28. The fourth-order valence-electron chi connectivity index (χ4n) is 3.22. The number of amides is 2. The summed E-state index contributed by atoms with van der Waals surface area (Å²) in [5.41, 5.74) is 3.85. The molecule has 0 radical (unpaired) electrons. The third-order valence-corrected chi connectivity index (χ3v) is 4.56. The number of furan rings is 1. The fourth-order valence-corrected chi connectivity index (χ4v) is 3.22. The number of hydrogen-bond acceptors (Lipinski definition) is 4. The molecule has 3 rings (SSSR count). The van der Waals surface area contributed by atoms with Gasteiger partial charge in [0.1, 0.15) is 5.76 Å². The Balaban J connectivity index is 1.72. The Morgan fingerprint density at radius 3 is 2.73 bits per heavy atom. The largest absolute Gasteiger partial charge is 0.456 e. The van der Waals surface area contributed by atoms with E-state index in [1.807, 2.05) is 38.1 Å². The first-order chi connectivity index (χ1) is 12.5. The van der Waals surface area contributed by atoms with E-state index in [1.54, 1.807) is 12.0 Å². The summed E-state index contributed by atoms with van der Waals surface area (Å²) in [7, 11) is 1.57. The van der Waals surface area contributed by atoms with Gasteiger partial charge in [-0.2, -0.15) is 0 Å². The van der Waals surface area contributed by atoms with Gasteiger partial charge in [-0.3, -0.25) is 9.59 Å². The van der Waals surface area contributed by atoms with E-state index in [0.717, 1.165) is 29.0 Å². The van der Waals surface area contributed by atoms with Crippen molar-refractivity contribution in [3.63, 3.8) is 0 Å². The predicted octanol–water partition coefficient (Wildman–Crippen LogP) is 3.07. The monoisotopic (exact) mass is 356 g/mol. The molecule has 0 unspecified atom stereocenters. The first kappa shape index (κ1) is 18.2. The molecule has 138 valence electrons. The van der Waals surface area contributed by atoms with Crippen LogP contribution in [-0.4, -0.2) is 37.0 Å². The van der Waals surface area contributed by atoms with Crippen molar-refractivity contribution in [3.05, 3.63) is 52.5 Å². The Bertz CT molecular complexity index is 825. The lowest BCUT2D eigenvalue weighted by molar-refractivity contribution is -0.117. The number of nitrogens with one attached hydrogen (secondary N) is 1. The molecule has 6 heteroatoms. The van der Waals surface area contributed by atoms with Crippen molar-refractivity contribution in [2.24, 2.45) is 0 Å². The molecule has 2 heterocycles. The summed E-state index contributed by atoms with van der Waals surface area (Å²) in [6.45, 7) is 5.28. The molecule has 2 amide bonds. The van der Waals surface area contributed by atoms with Crippen LogP contribution in [0.1, 0.15) is 39.4 Å². The van der Waals surface area contributed by atoms with Crippen LogP contribution in [0.15, 0.2) is 28.7 Å². The van der Waals surface area contributed by atoms with Gasteiger partial charge in [-0.05, 0) is 49.6 Å². The molecule has 0 saturated carbocycles. The highest BCUT2D eigenvalue weighted by Crippen LogP contribution is 2.25. The summed E-state index contributed by atoms with van der Waals surface area (Å²) < 4.78 is 10.5. The zero-order valence-corrected chi connectivity index (χ0v) is 15.4. The summed E-state index contributed by atoms with van der Waals surface area (Å²) in [6, 6.07) is 7.74. The van der Waals surface area contributed by atoms with Crippen LogP contribution in [0.25, 0.3) is 0 Å². The Labute approximate surface area is 153 Å². The number of ether oxygens (including phenoxy) is 1. The van der Waals surface area contributed by atoms with Gasteiger partial charge in [-0.1, -0.05) is 6.07 Å². The molecule has 2 aromatic rings. The van der Waals surface area contributed by atoms with Crippen LogP contribution in [0.5, 0.6) is 0 Å². The smallest absolute Gasteiger partial charge is 0.290 e. The highest BCUT2D eigenvalue weighted by molar-refractivity contribution is 5.93. The lowest BCUT2D eigenvalue weighted by Crippen LogP contribution is -2.36. The van der Waals surface area contributed by atoms with Crippen molar-refractivity contribution >= 4 is 17.5 Å². The highest BCUT2D eigenvalue weighted by Gasteiger charge is 2.25. The standard InChI is InChI=1S/C20H24N2O4/c1-13-10-14(2)26-19(13)20(24)22-8-6-15-4-5-17(11-16(15)12-22)21-18(23)7-9-25-3/h4-5,10-11H,6-9,12H2,1-3H3,(H,21,23). The fraction of sp³-hybridized carbons (Fsp3) is 0.400.